The van der Waals surface area contributed by atoms with E-state index in [4.69, 9.17) is 27.9 Å². The van der Waals surface area contributed by atoms with Crippen LogP contribution in [-0.2, 0) is 14.3 Å². The lowest BCUT2D eigenvalue weighted by molar-refractivity contribution is -0.147. The van der Waals surface area contributed by atoms with Gasteiger partial charge in [0.15, 0.2) is 12.4 Å². The van der Waals surface area contributed by atoms with Crippen LogP contribution in [0.15, 0.2) is 42.5 Å². The number of hydrogen-bond donors (Lipinski definition) is 1. The minimum atomic E-state index is -0.848. The second-order valence-electron chi connectivity index (χ2n) is 6.51. The summed E-state index contributed by atoms with van der Waals surface area (Å²) in [6, 6.07) is 9.09. The van der Waals surface area contributed by atoms with Crippen molar-refractivity contribution in [2.45, 2.75) is 6.42 Å². The first-order valence-corrected chi connectivity index (χ1v) is 9.52. The highest BCUT2D eigenvalue weighted by atomic mass is 35.5. The second kappa shape index (κ2) is 9.23. The van der Waals surface area contributed by atoms with E-state index in [2.05, 4.69) is 5.43 Å². The molecule has 0 aliphatic carbocycles. The maximum atomic E-state index is 12.9. The van der Waals surface area contributed by atoms with Crippen molar-refractivity contribution in [3.63, 3.8) is 0 Å². The van der Waals surface area contributed by atoms with Crippen molar-refractivity contribution in [2.24, 2.45) is 5.92 Å². The first kappa shape index (κ1) is 21.7. The maximum Gasteiger partial charge on any atom is 0.311 e. The number of amides is 2. The van der Waals surface area contributed by atoms with Gasteiger partial charge in [-0.25, -0.2) is 4.39 Å². The van der Waals surface area contributed by atoms with E-state index in [0.29, 0.717) is 5.02 Å². The highest BCUT2D eigenvalue weighted by Crippen LogP contribution is 2.22. The molecule has 0 bridgehead atoms. The average Bonchev–Trinajstić information content (AvgIpc) is 3.06. The number of Topliss-reactive ketones (excluding diaryl/α,β-unsaturated/α-hetero) is 1. The van der Waals surface area contributed by atoms with E-state index < -0.39 is 41.9 Å². The molecule has 30 heavy (non-hydrogen) atoms. The van der Waals surface area contributed by atoms with Crippen molar-refractivity contribution in [3.8, 4) is 0 Å². The van der Waals surface area contributed by atoms with Crippen LogP contribution in [0.2, 0.25) is 10.0 Å². The summed E-state index contributed by atoms with van der Waals surface area (Å²) >= 11 is 11.8. The second-order valence-corrected chi connectivity index (χ2v) is 7.35. The highest BCUT2D eigenvalue weighted by molar-refractivity contribution is 6.36. The summed E-state index contributed by atoms with van der Waals surface area (Å²) in [6.45, 7) is -0.652. The fourth-order valence-electron chi connectivity index (χ4n) is 2.80. The summed E-state index contributed by atoms with van der Waals surface area (Å²) in [6.07, 6.45) is -0.182. The largest absolute Gasteiger partial charge is 0.457 e. The van der Waals surface area contributed by atoms with Gasteiger partial charge in [-0.1, -0.05) is 23.2 Å². The van der Waals surface area contributed by atoms with Gasteiger partial charge in [0, 0.05) is 17.0 Å². The number of carbonyl (C=O) groups excluding carboxylic acids is 4. The van der Waals surface area contributed by atoms with Crippen molar-refractivity contribution >= 4 is 46.8 Å². The molecule has 1 aliphatic heterocycles. The summed E-state index contributed by atoms with van der Waals surface area (Å²) in [5.41, 5.74) is 2.70. The van der Waals surface area contributed by atoms with Crippen LogP contribution in [0.25, 0.3) is 0 Å². The summed E-state index contributed by atoms with van der Waals surface area (Å²) in [4.78, 5) is 48.7. The molecule has 1 fully saturated rings. The van der Waals surface area contributed by atoms with Crippen molar-refractivity contribution < 1.29 is 28.3 Å². The fourth-order valence-corrected chi connectivity index (χ4v) is 3.30. The van der Waals surface area contributed by atoms with Crippen LogP contribution in [0.1, 0.15) is 27.1 Å². The first-order valence-electron chi connectivity index (χ1n) is 8.76. The molecule has 1 N–H and O–H groups in total. The number of esters is 1. The van der Waals surface area contributed by atoms with Gasteiger partial charge in [0.1, 0.15) is 5.82 Å². The minimum Gasteiger partial charge on any atom is -0.457 e. The number of nitrogens with zero attached hydrogens (tertiary/aromatic N) is 1. The summed E-state index contributed by atoms with van der Waals surface area (Å²) in [5.74, 6) is -3.71. The Morgan fingerprint density at radius 2 is 1.83 bits per heavy atom. The number of carbonyl (C=O) groups is 4. The van der Waals surface area contributed by atoms with Gasteiger partial charge in [-0.15, -0.1) is 0 Å². The molecule has 1 heterocycles. The number of ether oxygens (including phenoxy) is 1. The summed E-state index contributed by atoms with van der Waals surface area (Å²) in [7, 11) is 0. The summed E-state index contributed by atoms with van der Waals surface area (Å²) < 4.78 is 17.9. The molecule has 0 spiro atoms. The Hall–Kier alpha value is -2.97. The Kier molecular flexibility index (Phi) is 6.69. The van der Waals surface area contributed by atoms with E-state index in [-0.39, 0.29) is 29.1 Å². The standard InChI is InChI=1S/C20H15Cl2FN2O5/c21-13-3-6-15(16(22)8-13)19(28)24-25-9-12(7-18(25)27)20(29)30-10-17(26)11-1-4-14(23)5-2-11/h1-6,8,12H,7,9-10H2,(H,24,28)/t12-/m1/s1. The normalized spacial score (nSPS) is 15.8. The molecule has 156 valence electrons. The zero-order valence-corrected chi connectivity index (χ0v) is 16.9. The smallest absolute Gasteiger partial charge is 0.311 e. The SMILES string of the molecule is O=C(COC(=O)[C@@H]1CC(=O)N(NC(=O)c2ccc(Cl)cc2Cl)C1)c1ccc(F)cc1. The van der Waals surface area contributed by atoms with Gasteiger partial charge in [-0.05, 0) is 42.5 Å². The van der Waals surface area contributed by atoms with E-state index in [9.17, 15) is 23.6 Å². The lowest BCUT2D eigenvalue weighted by Gasteiger charge is -2.18. The van der Waals surface area contributed by atoms with Crippen LogP contribution in [0.3, 0.4) is 0 Å². The number of hydrazine groups is 1. The van der Waals surface area contributed by atoms with E-state index in [1.165, 1.54) is 30.3 Å². The van der Waals surface area contributed by atoms with Crippen molar-refractivity contribution in [1.29, 1.82) is 0 Å². The number of nitrogens with one attached hydrogen (secondary N) is 1. The molecule has 0 radical (unpaired) electrons. The third-order valence-corrected chi connectivity index (χ3v) is 4.93. The zero-order valence-electron chi connectivity index (χ0n) is 15.4. The number of benzene rings is 2. The number of hydrogen-bond acceptors (Lipinski definition) is 5. The molecule has 7 nitrogen and oxygen atoms in total. The maximum absolute atomic E-state index is 12.9. The molecule has 2 aromatic carbocycles. The van der Waals surface area contributed by atoms with Gasteiger partial charge in [0.25, 0.3) is 5.91 Å². The quantitative estimate of drug-likeness (QED) is 0.536. The Morgan fingerprint density at radius 3 is 2.50 bits per heavy atom. The van der Waals surface area contributed by atoms with Gasteiger partial charge in [0.05, 0.1) is 23.0 Å². The van der Waals surface area contributed by atoms with Gasteiger partial charge < -0.3 is 4.74 Å². The van der Waals surface area contributed by atoms with E-state index in [1.807, 2.05) is 0 Å². The fraction of sp³-hybridized carbons (Fsp3) is 0.200. The van der Waals surface area contributed by atoms with Crippen LogP contribution >= 0.6 is 23.2 Å². The molecule has 10 heteroatoms. The van der Waals surface area contributed by atoms with Crippen LogP contribution < -0.4 is 5.43 Å². The third-order valence-electron chi connectivity index (χ3n) is 4.38. The molecule has 1 aliphatic rings. The predicted molar refractivity (Wildman–Crippen MR) is 105 cm³/mol. The van der Waals surface area contributed by atoms with Crippen LogP contribution in [0.5, 0.6) is 0 Å². The predicted octanol–water partition coefficient (Wildman–Crippen LogP) is 3.05. The van der Waals surface area contributed by atoms with E-state index in [1.54, 1.807) is 0 Å². The molecule has 0 unspecified atom stereocenters. The van der Waals surface area contributed by atoms with E-state index >= 15 is 0 Å². The Morgan fingerprint density at radius 1 is 1.13 bits per heavy atom. The zero-order chi connectivity index (χ0) is 21.8. The topological polar surface area (TPSA) is 92.8 Å². The molecule has 2 amide bonds. The van der Waals surface area contributed by atoms with Crippen molar-refractivity contribution in [2.75, 3.05) is 13.2 Å². The molecule has 3 rings (SSSR count). The van der Waals surface area contributed by atoms with Crippen LogP contribution in [0, 0.1) is 11.7 Å². The lowest BCUT2D eigenvalue weighted by Crippen LogP contribution is -2.43. The summed E-state index contributed by atoms with van der Waals surface area (Å²) in [5, 5.41) is 1.47. The molecule has 1 atom stereocenters. The highest BCUT2D eigenvalue weighted by Gasteiger charge is 2.37. The van der Waals surface area contributed by atoms with Crippen LogP contribution in [-0.4, -0.2) is 41.7 Å². The Balaban J connectivity index is 1.54. The number of halogens is 3. The minimum absolute atomic E-state index is 0.112. The molecule has 2 aromatic rings. The lowest BCUT2D eigenvalue weighted by atomic mass is 10.1. The van der Waals surface area contributed by atoms with Gasteiger partial charge in [-0.3, -0.25) is 29.6 Å². The van der Waals surface area contributed by atoms with Gasteiger partial charge >= 0.3 is 5.97 Å². The van der Waals surface area contributed by atoms with Crippen LogP contribution in [0.4, 0.5) is 4.39 Å². The Bertz CT molecular complexity index is 1010. The van der Waals surface area contributed by atoms with Crippen molar-refractivity contribution in [1.82, 2.24) is 10.4 Å². The number of rotatable bonds is 6. The monoisotopic (exact) mass is 452 g/mol. The Labute approximate surface area is 180 Å². The average molecular weight is 453 g/mol. The molecular weight excluding hydrogens is 438 g/mol. The third kappa shape index (κ3) is 5.14. The van der Waals surface area contributed by atoms with Crippen molar-refractivity contribution in [3.05, 3.63) is 69.5 Å². The molecule has 0 saturated carbocycles. The molecule has 1 saturated heterocycles. The first-order chi connectivity index (χ1) is 14.2. The van der Waals surface area contributed by atoms with E-state index in [0.717, 1.165) is 17.1 Å². The molecule has 0 aromatic heterocycles. The number of ketones is 1. The van der Waals surface area contributed by atoms with Gasteiger partial charge in [0.2, 0.25) is 5.91 Å². The molecular formula is C20H15Cl2FN2O5. The van der Waals surface area contributed by atoms with Gasteiger partial charge in [-0.2, -0.15) is 0 Å².